The lowest BCUT2D eigenvalue weighted by Gasteiger charge is -2.14. The number of nitrogens with zero attached hydrogens (tertiary/aromatic N) is 1. The molecule has 1 aliphatic heterocycles. The van der Waals surface area contributed by atoms with Gasteiger partial charge in [-0.05, 0) is 24.3 Å². The Kier molecular flexibility index (Phi) is 4.76. The van der Waals surface area contributed by atoms with Gasteiger partial charge in [-0.15, -0.1) is 0 Å². The van der Waals surface area contributed by atoms with E-state index in [1.807, 2.05) is 24.3 Å². The fraction of sp³-hybridized carbons (Fsp3) is 0.200. The van der Waals surface area contributed by atoms with Crippen LogP contribution >= 0.6 is 0 Å². The van der Waals surface area contributed by atoms with E-state index in [-0.39, 0.29) is 18.2 Å². The van der Waals surface area contributed by atoms with E-state index < -0.39 is 11.9 Å². The Balaban J connectivity index is 1.32. The van der Waals surface area contributed by atoms with Crippen LogP contribution in [0.2, 0.25) is 0 Å². The van der Waals surface area contributed by atoms with Gasteiger partial charge in [0.15, 0.2) is 0 Å². The molecule has 3 amide bonds. The van der Waals surface area contributed by atoms with Crippen LogP contribution in [0.4, 0.5) is 5.69 Å². The minimum Gasteiger partial charge on any atom is -0.356 e. The summed E-state index contributed by atoms with van der Waals surface area (Å²) in [5.74, 6) is -0.334. The van der Waals surface area contributed by atoms with Crippen LogP contribution in [0, 0.1) is 0 Å². The normalized spacial score (nSPS) is 16.1. The van der Waals surface area contributed by atoms with Crippen molar-refractivity contribution in [2.24, 2.45) is 0 Å². The van der Waals surface area contributed by atoms with Gasteiger partial charge in [0.1, 0.15) is 11.9 Å². The first-order chi connectivity index (χ1) is 13.6. The van der Waals surface area contributed by atoms with Gasteiger partial charge in [0, 0.05) is 13.0 Å². The standard InChI is InChI=1S/C20H19N5O3/c26-18(21-10-9-17-22-14-7-3-4-8-15(14)23-17)11-16-20(28)24-13-6-2-1-5-12(13)19(27)25-16/h1-8,16H,9-11H2,(H,21,26)(H,22,23)(H,24,28)(H,25,27)/t16-/m1/s1. The molecule has 8 nitrogen and oxygen atoms in total. The van der Waals surface area contributed by atoms with Crippen molar-refractivity contribution in [3.8, 4) is 0 Å². The SMILES string of the molecule is O=C(C[C@H]1NC(=O)c2ccccc2NC1=O)NCCc1nc2ccccc2[nH]1. The molecule has 0 spiro atoms. The molecule has 2 aromatic carbocycles. The Hall–Kier alpha value is -3.68. The molecule has 0 saturated heterocycles. The van der Waals surface area contributed by atoms with E-state index in [1.54, 1.807) is 24.3 Å². The summed E-state index contributed by atoms with van der Waals surface area (Å²) in [5.41, 5.74) is 2.64. The Labute approximate surface area is 160 Å². The number of carbonyl (C=O) groups excluding carboxylic acids is 3. The van der Waals surface area contributed by atoms with Crippen LogP contribution in [0.3, 0.4) is 0 Å². The van der Waals surface area contributed by atoms with Gasteiger partial charge in [0.25, 0.3) is 5.91 Å². The summed E-state index contributed by atoms with van der Waals surface area (Å²) in [5, 5.41) is 8.07. The molecule has 28 heavy (non-hydrogen) atoms. The highest BCUT2D eigenvalue weighted by atomic mass is 16.2. The number of imidazole rings is 1. The van der Waals surface area contributed by atoms with E-state index in [1.165, 1.54) is 0 Å². The molecule has 142 valence electrons. The van der Waals surface area contributed by atoms with Gasteiger partial charge in [0.05, 0.1) is 28.7 Å². The Bertz CT molecular complexity index is 1030. The maximum Gasteiger partial charge on any atom is 0.254 e. The average molecular weight is 377 g/mol. The van der Waals surface area contributed by atoms with Crippen molar-refractivity contribution in [1.29, 1.82) is 0 Å². The van der Waals surface area contributed by atoms with Crippen LogP contribution in [0.25, 0.3) is 11.0 Å². The van der Waals surface area contributed by atoms with E-state index in [0.717, 1.165) is 16.9 Å². The van der Waals surface area contributed by atoms with E-state index in [9.17, 15) is 14.4 Å². The first-order valence-electron chi connectivity index (χ1n) is 9.01. The number of H-pyrrole nitrogens is 1. The highest BCUT2D eigenvalue weighted by Crippen LogP contribution is 2.18. The van der Waals surface area contributed by atoms with Crippen LogP contribution in [-0.2, 0) is 16.0 Å². The minimum atomic E-state index is -0.925. The third kappa shape index (κ3) is 3.71. The number of hydrogen-bond acceptors (Lipinski definition) is 4. The Morgan fingerprint density at radius 1 is 1.07 bits per heavy atom. The minimum absolute atomic E-state index is 0.133. The maximum absolute atomic E-state index is 12.3. The molecule has 4 N–H and O–H groups in total. The van der Waals surface area contributed by atoms with Gasteiger partial charge in [0.2, 0.25) is 11.8 Å². The van der Waals surface area contributed by atoms with Crippen LogP contribution in [-0.4, -0.2) is 40.3 Å². The number of aromatic amines is 1. The number of fused-ring (bicyclic) bond motifs is 2. The maximum atomic E-state index is 12.3. The number of anilines is 1. The van der Waals surface area contributed by atoms with Gasteiger partial charge in [-0.25, -0.2) is 4.98 Å². The smallest absolute Gasteiger partial charge is 0.254 e. The zero-order chi connectivity index (χ0) is 19.5. The van der Waals surface area contributed by atoms with E-state index in [0.29, 0.717) is 24.2 Å². The van der Waals surface area contributed by atoms with Crippen molar-refractivity contribution < 1.29 is 14.4 Å². The van der Waals surface area contributed by atoms with Gasteiger partial charge in [-0.1, -0.05) is 24.3 Å². The molecule has 1 aliphatic rings. The van der Waals surface area contributed by atoms with Gasteiger partial charge < -0.3 is 20.9 Å². The number of amides is 3. The number of carbonyl (C=O) groups is 3. The first-order valence-corrected chi connectivity index (χ1v) is 9.01. The lowest BCUT2D eigenvalue weighted by atomic mass is 10.1. The summed E-state index contributed by atoms with van der Waals surface area (Å²) >= 11 is 0. The summed E-state index contributed by atoms with van der Waals surface area (Å²) in [4.78, 5) is 44.5. The Morgan fingerprint density at radius 2 is 1.86 bits per heavy atom. The summed E-state index contributed by atoms with van der Waals surface area (Å²) in [6, 6.07) is 13.5. The van der Waals surface area contributed by atoms with Crippen molar-refractivity contribution in [1.82, 2.24) is 20.6 Å². The molecule has 8 heteroatoms. The number of nitrogens with one attached hydrogen (secondary N) is 4. The monoisotopic (exact) mass is 377 g/mol. The molecule has 0 aliphatic carbocycles. The molecule has 1 aromatic heterocycles. The molecular formula is C20H19N5O3. The summed E-state index contributed by atoms with van der Waals surface area (Å²) < 4.78 is 0. The molecule has 3 aromatic rings. The van der Waals surface area contributed by atoms with Crippen molar-refractivity contribution in [3.63, 3.8) is 0 Å². The van der Waals surface area contributed by atoms with E-state index >= 15 is 0 Å². The van der Waals surface area contributed by atoms with Crippen LogP contribution in [0.1, 0.15) is 22.6 Å². The van der Waals surface area contributed by atoms with Crippen molar-refractivity contribution in [3.05, 3.63) is 59.9 Å². The molecule has 0 bridgehead atoms. The van der Waals surface area contributed by atoms with E-state index in [2.05, 4.69) is 25.9 Å². The predicted octanol–water partition coefficient (Wildman–Crippen LogP) is 1.36. The molecular weight excluding hydrogens is 358 g/mol. The first kappa shape index (κ1) is 17.7. The molecule has 0 unspecified atom stereocenters. The number of aromatic nitrogens is 2. The topological polar surface area (TPSA) is 116 Å². The number of benzene rings is 2. The van der Waals surface area contributed by atoms with Crippen LogP contribution in [0.15, 0.2) is 48.5 Å². The van der Waals surface area contributed by atoms with Crippen molar-refractivity contribution in [2.75, 3.05) is 11.9 Å². The molecule has 4 rings (SSSR count). The summed E-state index contributed by atoms with van der Waals surface area (Å²) in [6.07, 6.45) is 0.404. The third-order valence-electron chi connectivity index (χ3n) is 4.56. The lowest BCUT2D eigenvalue weighted by Crippen LogP contribution is -2.44. The fourth-order valence-corrected chi connectivity index (χ4v) is 3.16. The van der Waals surface area contributed by atoms with Gasteiger partial charge in [-0.2, -0.15) is 0 Å². The quantitative estimate of drug-likeness (QED) is 0.537. The highest BCUT2D eigenvalue weighted by Gasteiger charge is 2.29. The van der Waals surface area contributed by atoms with Crippen LogP contribution in [0.5, 0.6) is 0 Å². The van der Waals surface area contributed by atoms with Gasteiger partial charge in [-0.3, -0.25) is 14.4 Å². The number of para-hydroxylation sites is 3. The van der Waals surface area contributed by atoms with Crippen molar-refractivity contribution >= 4 is 34.4 Å². The molecule has 1 atom stereocenters. The molecule has 0 saturated carbocycles. The molecule has 0 fully saturated rings. The zero-order valence-electron chi connectivity index (χ0n) is 15.0. The average Bonchev–Trinajstić information content (AvgIpc) is 3.05. The second kappa shape index (κ2) is 7.51. The molecule has 0 radical (unpaired) electrons. The summed E-state index contributed by atoms with van der Waals surface area (Å²) in [7, 11) is 0. The van der Waals surface area contributed by atoms with Crippen LogP contribution < -0.4 is 16.0 Å². The fourth-order valence-electron chi connectivity index (χ4n) is 3.16. The Morgan fingerprint density at radius 3 is 2.71 bits per heavy atom. The van der Waals surface area contributed by atoms with E-state index in [4.69, 9.17) is 0 Å². The molecule has 2 heterocycles. The third-order valence-corrected chi connectivity index (χ3v) is 4.56. The zero-order valence-corrected chi connectivity index (χ0v) is 15.0. The number of rotatable bonds is 5. The largest absolute Gasteiger partial charge is 0.356 e. The van der Waals surface area contributed by atoms with Gasteiger partial charge >= 0.3 is 0 Å². The second-order valence-corrected chi connectivity index (χ2v) is 6.57. The lowest BCUT2D eigenvalue weighted by molar-refractivity contribution is -0.125. The predicted molar refractivity (Wildman–Crippen MR) is 104 cm³/mol. The van der Waals surface area contributed by atoms with Crippen molar-refractivity contribution in [2.45, 2.75) is 18.9 Å². The second-order valence-electron chi connectivity index (χ2n) is 6.57. The number of hydrogen-bond donors (Lipinski definition) is 4. The summed E-state index contributed by atoms with van der Waals surface area (Å²) in [6.45, 7) is 0.376. The highest BCUT2D eigenvalue weighted by molar-refractivity contribution is 6.10.